The van der Waals surface area contributed by atoms with E-state index >= 15 is 0 Å². The van der Waals surface area contributed by atoms with Crippen molar-refractivity contribution < 1.29 is 4.74 Å². The lowest BCUT2D eigenvalue weighted by Crippen LogP contribution is -2.21. The fourth-order valence-corrected chi connectivity index (χ4v) is 1.97. The minimum atomic E-state index is 0.768. The first-order valence-electron chi connectivity index (χ1n) is 5.54. The maximum absolute atomic E-state index is 4.99. The summed E-state index contributed by atoms with van der Waals surface area (Å²) in [5.41, 5.74) is 0. The zero-order chi connectivity index (χ0) is 10.6. The Morgan fingerprint density at radius 2 is 1.93 bits per heavy atom. The third-order valence-electron chi connectivity index (χ3n) is 1.83. The summed E-state index contributed by atoms with van der Waals surface area (Å²) < 4.78 is 4.99. The van der Waals surface area contributed by atoms with Gasteiger partial charge in [0, 0.05) is 13.7 Å². The Hall–Kier alpha value is 0.270. The first-order valence-corrected chi connectivity index (χ1v) is 6.70. The molecule has 3 heteroatoms. The molecule has 0 amide bonds. The third-order valence-corrected chi connectivity index (χ3v) is 2.99. The first kappa shape index (κ1) is 14.3. The van der Waals surface area contributed by atoms with E-state index in [9.17, 15) is 0 Å². The summed E-state index contributed by atoms with van der Waals surface area (Å²) >= 11 is 2.03. The fourth-order valence-electron chi connectivity index (χ4n) is 1.10. The van der Waals surface area contributed by atoms with E-state index in [0.29, 0.717) is 0 Å². The van der Waals surface area contributed by atoms with Crippen molar-refractivity contribution in [1.82, 2.24) is 5.32 Å². The summed E-state index contributed by atoms with van der Waals surface area (Å²) in [6, 6.07) is 0. The molecule has 0 atom stereocenters. The van der Waals surface area contributed by atoms with Crippen LogP contribution in [0, 0.1) is 5.92 Å². The van der Waals surface area contributed by atoms with Crippen LogP contribution in [0.5, 0.6) is 0 Å². The Morgan fingerprint density at radius 3 is 2.57 bits per heavy atom. The molecule has 0 spiro atoms. The minimum absolute atomic E-state index is 0.768. The van der Waals surface area contributed by atoms with Crippen molar-refractivity contribution >= 4 is 11.8 Å². The average molecular weight is 219 g/mol. The molecular formula is C11H25NOS. The summed E-state index contributed by atoms with van der Waals surface area (Å²) in [5, 5.41) is 3.45. The van der Waals surface area contributed by atoms with Gasteiger partial charge >= 0.3 is 0 Å². The van der Waals surface area contributed by atoms with Crippen LogP contribution in [0.3, 0.4) is 0 Å². The summed E-state index contributed by atoms with van der Waals surface area (Å²) in [6.45, 7) is 7.70. The molecular weight excluding hydrogens is 194 g/mol. The quantitative estimate of drug-likeness (QED) is 0.570. The molecule has 0 aromatic rings. The lowest BCUT2D eigenvalue weighted by atomic mass is 10.2. The molecule has 0 aromatic carbocycles. The Bertz CT molecular complexity index is 109. The van der Waals surface area contributed by atoms with Gasteiger partial charge in [0.2, 0.25) is 0 Å². The lowest BCUT2D eigenvalue weighted by Gasteiger charge is -2.06. The second kappa shape index (κ2) is 11.3. The third kappa shape index (κ3) is 12.3. The van der Waals surface area contributed by atoms with Crippen molar-refractivity contribution in [2.75, 3.05) is 38.3 Å². The molecule has 2 nitrogen and oxygen atoms in total. The molecule has 0 saturated heterocycles. The number of hydrogen-bond donors (Lipinski definition) is 1. The minimum Gasteiger partial charge on any atom is -0.385 e. The molecule has 0 aliphatic heterocycles. The number of ether oxygens (including phenoxy) is 1. The normalized spacial score (nSPS) is 11.1. The predicted molar refractivity (Wildman–Crippen MR) is 66.1 cm³/mol. The number of rotatable bonds is 10. The molecule has 86 valence electrons. The Morgan fingerprint density at radius 1 is 1.21 bits per heavy atom. The van der Waals surface area contributed by atoms with Gasteiger partial charge in [0.25, 0.3) is 0 Å². The molecule has 0 fully saturated rings. The summed E-state index contributed by atoms with van der Waals surface area (Å²) in [4.78, 5) is 0. The second-order valence-electron chi connectivity index (χ2n) is 3.91. The monoisotopic (exact) mass is 219 g/mol. The lowest BCUT2D eigenvalue weighted by molar-refractivity contribution is 0.200. The van der Waals surface area contributed by atoms with Crippen LogP contribution in [0.2, 0.25) is 0 Å². The van der Waals surface area contributed by atoms with Crippen LogP contribution in [0.1, 0.15) is 26.7 Å². The van der Waals surface area contributed by atoms with Crippen LogP contribution >= 0.6 is 11.8 Å². The van der Waals surface area contributed by atoms with Crippen LogP contribution in [0.15, 0.2) is 0 Å². The molecule has 1 N–H and O–H groups in total. The molecule has 0 aliphatic carbocycles. The highest BCUT2D eigenvalue weighted by molar-refractivity contribution is 7.99. The SMILES string of the molecule is COCCCSCCCNCC(C)C. The van der Waals surface area contributed by atoms with E-state index in [1.54, 1.807) is 7.11 Å². The van der Waals surface area contributed by atoms with Crippen LogP contribution in [-0.4, -0.2) is 38.3 Å². The van der Waals surface area contributed by atoms with Gasteiger partial charge in [-0.2, -0.15) is 11.8 Å². The van der Waals surface area contributed by atoms with Crippen molar-refractivity contribution in [3.63, 3.8) is 0 Å². The first-order chi connectivity index (χ1) is 6.77. The molecule has 0 radical (unpaired) electrons. The van der Waals surface area contributed by atoms with Crippen molar-refractivity contribution in [2.24, 2.45) is 5.92 Å². The van der Waals surface area contributed by atoms with Gasteiger partial charge in [0.05, 0.1) is 0 Å². The van der Waals surface area contributed by atoms with E-state index in [-0.39, 0.29) is 0 Å². The van der Waals surface area contributed by atoms with Gasteiger partial charge in [-0.3, -0.25) is 0 Å². The van der Waals surface area contributed by atoms with Crippen LogP contribution in [-0.2, 0) is 4.74 Å². The van der Waals surface area contributed by atoms with Gasteiger partial charge in [-0.15, -0.1) is 0 Å². The molecule has 0 bridgehead atoms. The standard InChI is InChI=1S/C11H25NOS/c1-11(2)10-12-6-4-8-14-9-5-7-13-3/h11-12H,4-10H2,1-3H3. The van der Waals surface area contributed by atoms with Crippen molar-refractivity contribution in [2.45, 2.75) is 26.7 Å². The highest BCUT2D eigenvalue weighted by Crippen LogP contribution is 2.03. The number of methoxy groups -OCH3 is 1. The smallest absolute Gasteiger partial charge is 0.0470 e. The molecule has 0 rings (SSSR count). The largest absolute Gasteiger partial charge is 0.385 e. The molecule has 0 aromatic heterocycles. The summed E-state index contributed by atoms with van der Waals surface area (Å²) in [5.74, 6) is 3.27. The zero-order valence-electron chi connectivity index (χ0n) is 9.84. The predicted octanol–water partition coefficient (Wildman–Crippen LogP) is 2.39. The van der Waals surface area contributed by atoms with Gasteiger partial charge in [-0.1, -0.05) is 13.8 Å². The van der Waals surface area contributed by atoms with Gasteiger partial charge in [-0.25, -0.2) is 0 Å². The van der Waals surface area contributed by atoms with E-state index in [4.69, 9.17) is 4.74 Å². The maximum atomic E-state index is 4.99. The van der Waals surface area contributed by atoms with E-state index < -0.39 is 0 Å². The number of nitrogens with one attached hydrogen (secondary N) is 1. The van der Waals surface area contributed by atoms with E-state index in [1.807, 2.05) is 11.8 Å². The molecule has 0 aliphatic rings. The Kier molecular flexibility index (Phi) is 11.6. The van der Waals surface area contributed by atoms with Gasteiger partial charge in [0.1, 0.15) is 0 Å². The van der Waals surface area contributed by atoms with E-state index in [0.717, 1.165) is 25.6 Å². The van der Waals surface area contributed by atoms with Gasteiger partial charge in [0.15, 0.2) is 0 Å². The highest BCUT2D eigenvalue weighted by Gasteiger charge is 1.93. The van der Waals surface area contributed by atoms with Gasteiger partial charge in [-0.05, 0) is 43.4 Å². The van der Waals surface area contributed by atoms with Crippen molar-refractivity contribution in [1.29, 1.82) is 0 Å². The number of hydrogen-bond acceptors (Lipinski definition) is 3. The average Bonchev–Trinajstić information content (AvgIpc) is 2.15. The fraction of sp³-hybridized carbons (Fsp3) is 1.00. The molecule has 0 heterocycles. The van der Waals surface area contributed by atoms with Crippen LogP contribution < -0.4 is 5.32 Å². The highest BCUT2D eigenvalue weighted by atomic mass is 32.2. The Balaban J connectivity index is 2.85. The van der Waals surface area contributed by atoms with Crippen LogP contribution in [0.25, 0.3) is 0 Å². The maximum Gasteiger partial charge on any atom is 0.0470 e. The molecule has 0 unspecified atom stereocenters. The van der Waals surface area contributed by atoms with Crippen molar-refractivity contribution in [3.8, 4) is 0 Å². The molecule has 0 saturated carbocycles. The summed E-state index contributed by atoms with van der Waals surface area (Å²) in [7, 11) is 1.76. The van der Waals surface area contributed by atoms with Crippen LogP contribution in [0.4, 0.5) is 0 Å². The molecule has 14 heavy (non-hydrogen) atoms. The topological polar surface area (TPSA) is 21.3 Å². The van der Waals surface area contributed by atoms with Crippen molar-refractivity contribution in [3.05, 3.63) is 0 Å². The zero-order valence-corrected chi connectivity index (χ0v) is 10.7. The Labute approximate surface area is 93.2 Å². The summed E-state index contributed by atoms with van der Waals surface area (Å²) in [6.07, 6.45) is 2.46. The van der Waals surface area contributed by atoms with E-state index in [2.05, 4.69) is 19.2 Å². The second-order valence-corrected chi connectivity index (χ2v) is 5.13. The number of thioether (sulfide) groups is 1. The van der Waals surface area contributed by atoms with E-state index in [1.165, 1.54) is 24.3 Å². The van der Waals surface area contributed by atoms with Gasteiger partial charge < -0.3 is 10.1 Å².